The second-order valence-electron chi connectivity index (χ2n) is 4.52. The minimum absolute atomic E-state index is 0.0224. The number of hydrogen-bond donors (Lipinski definition) is 2. The van der Waals surface area contributed by atoms with Gasteiger partial charge in [-0.3, -0.25) is 9.00 Å². The maximum absolute atomic E-state index is 12.2. The van der Waals surface area contributed by atoms with Crippen molar-refractivity contribution in [3.8, 4) is 0 Å². The van der Waals surface area contributed by atoms with Gasteiger partial charge in [0.1, 0.15) is 0 Å². The molecular formula is C12H26N2O2S. The van der Waals surface area contributed by atoms with Crippen molar-refractivity contribution < 1.29 is 9.00 Å². The van der Waals surface area contributed by atoms with Crippen LogP contribution in [0.4, 0.5) is 0 Å². The maximum atomic E-state index is 12.2. The topological polar surface area (TPSA) is 72.2 Å². The van der Waals surface area contributed by atoms with E-state index in [0.717, 1.165) is 25.7 Å². The van der Waals surface area contributed by atoms with Crippen molar-refractivity contribution in [2.24, 2.45) is 11.1 Å². The van der Waals surface area contributed by atoms with Gasteiger partial charge in [-0.25, -0.2) is 0 Å². The lowest BCUT2D eigenvalue weighted by atomic mass is 9.78. The minimum atomic E-state index is -0.864. The molecule has 0 aliphatic carbocycles. The van der Waals surface area contributed by atoms with E-state index in [1.54, 1.807) is 6.26 Å². The number of rotatable bonds is 9. The Labute approximate surface area is 107 Å². The lowest BCUT2D eigenvalue weighted by Crippen LogP contribution is -2.46. The minimum Gasteiger partial charge on any atom is -0.355 e. The van der Waals surface area contributed by atoms with Crippen LogP contribution in [0, 0.1) is 5.41 Å². The Morgan fingerprint density at radius 2 is 1.82 bits per heavy atom. The van der Waals surface area contributed by atoms with E-state index in [1.165, 1.54) is 0 Å². The Morgan fingerprint density at radius 3 is 2.18 bits per heavy atom. The van der Waals surface area contributed by atoms with Gasteiger partial charge in [0.05, 0.1) is 5.41 Å². The third kappa shape index (κ3) is 5.64. The predicted octanol–water partition coefficient (Wildman–Crippen LogP) is 1.03. The quantitative estimate of drug-likeness (QED) is 0.652. The largest absolute Gasteiger partial charge is 0.355 e. The van der Waals surface area contributed by atoms with Gasteiger partial charge in [0.25, 0.3) is 0 Å². The van der Waals surface area contributed by atoms with Crippen LogP contribution in [0.25, 0.3) is 0 Å². The molecule has 0 radical (unpaired) electrons. The first-order chi connectivity index (χ1) is 8.02. The number of carbonyl (C=O) groups is 1. The van der Waals surface area contributed by atoms with Gasteiger partial charge in [-0.15, -0.1) is 0 Å². The van der Waals surface area contributed by atoms with Crippen molar-refractivity contribution in [3.63, 3.8) is 0 Å². The summed E-state index contributed by atoms with van der Waals surface area (Å²) in [6, 6.07) is 0. The molecule has 1 atom stereocenters. The average molecular weight is 262 g/mol. The zero-order valence-electron chi connectivity index (χ0n) is 11.3. The number of nitrogens with one attached hydrogen (secondary N) is 1. The van der Waals surface area contributed by atoms with Gasteiger partial charge in [-0.1, -0.05) is 26.7 Å². The molecule has 0 aromatic carbocycles. The zero-order valence-corrected chi connectivity index (χ0v) is 12.1. The maximum Gasteiger partial charge on any atom is 0.227 e. The summed E-state index contributed by atoms with van der Waals surface area (Å²) in [6.07, 6.45) is 5.17. The van der Waals surface area contributed by atoms with E-state index in [0.29, 0.717) is 18.8 Å². The van der Waals surface area contributed by atoms with E-state index < -0.39 is 16.2 Å². The van der Waals surface area contributed by atoms with Crippen LogP contribution in [0.5, 0.6) is 0 Å². The Kier molecular flexibility index (Phi) is 8.43. The predicted molar refractivity (Wildman–Crippen MR) is 73.2 cm³/mol. The third-order valence-electron chi connectivity index (χ3n) is 3.00. The van der Waals surface area contributed by atoms with Crippen LogP contribution >= 0.6 is 0 Å². The molecule has 0 saturated heterocycles. The van der Waals surface area contributed by atoms with Gasteiger partial charge in [0, 0.05) is 35.9 Å². The number of carbonyl (C=O) groups excluding carboxylic acids is 1. The van der Waals surface area contributed by atoms with Gasteiger partial charge >= 0.3 is 0 Å². The van der Waals surface area contributed by atoms with Crippen LogP contribution in [0.1, 0.15) is 39.5 Å². The first-order valence-electron chi connectivity index (χ1n) is 6.30. The zero-order chi connectivity index (χ0) is 13.3. The fraction of sp³-hybridized carbons (Fsp3) is 0.917. The van der Waals surface area contributed by atoms with Crippen LogP contribution in [0.2, 0.25) is 0 Å². The molecule has 0 aromatic rings. The van der Waals surface area contributed by atoms with Crippen LogP contribution in [0.15, 0.2) is 0 Å². The third-order valence-corrected chi connectivity index (χ3v) is 3.78. The average Bonchev–Trinajstić information content (AvgIpc) is 2.27. The molecule has 0 rings (SSSR count). The number of nitrogens with two attached hydrogens (primary N) is 1. The fourth-order valence-corrected chi connectivity index (χ4v) is 2.49. The summed E-state index contributed by atoms with van der Waals surface area (Å²) in [4.78, 5) is 12.2. The lowest BCUT2D eigenvalue weighted by molar-refractivity contribution is -0.131. The summed E-state index contributed by atoms with van der Waals surface area (Å²) in [5, 5.41) is 2.86. The van der Waals surface area contributed by atoms with E-state index in [9.17, 15) is 9.00 Å². The van der Waals surface area contributed by atoms with Crippen molar-refractivity contribution in [3.05, 3.63) is 0 Å². The summed E-state index contributed by atoms with van der Waals surface area (Å²) in [5.74, 6) is 0.527. The SMILES string of the molecule is CCCC(CN)(CCC)C(=O)NCCS(C)=O. The highest BCUT2D eigenvalue weighted by Crippen LogP contribution is 2.28. The van der Waals surface area contributed by atoms with Crippen LogP contribution in [0.3, 0.4) is 0 Å². The number of hydrogen-bond acceptors (Lipinski definition) is 3. The van der Waals surface area contributed by atoms with E-state index in [1.807, 2.05) is 0 Å². The summed E-state index contributed by atoms with van der Waals surface area (Å²) < 4.78 is 10.9. The second-order valence-corrected chi connectivity index (χ2v) is 6.07. The Bertz CT molecular complexity index is 251. The van der Waals surface area contributed by atoms with Crippen LogP contribution in [-0.2, 0) is 15.6 Å². The van der Waals surface area contributed by atoms with E-state index in [-0.39, 0.29) is 5.91 Å². The number of amides is 1. The van der Waals surface area contributed by atoms with Crippen molar-refractivity contribution in [2.75, 3.05) is 25.1 Å². The van der Waals surface area contributed by atoms with E-state index in [4.69, 9.17) is 5.73 Å². The summed E-state index contributed by atoms with van der Waals surface area (Å²) >= 11 is 0. The van der Waals surface area contributed by atoms with Crippen molar-refractivity contribution >= 4 is 16.7 Å². The molecule has 1 unspecified atom stereocenters. The summed E-state index contributed by atoms with van der Waals surface area (Å²) in [7, 11) is -0.864. The molecule has 102 valence electrons. The molecular weight excluding hydrogens is 236 g/mol. The standard InChI is InChI=1S/C12H26N2O2S/c1-4-6-12(10-13,7-5-2)11(15)14-8-9-17(3)16/h4-10,13H2,1-3H3,(H,14,15). The van der Waals surface area contributed by atoms with Gasteiger partial charge in [0.15, 0.2) is 0 Å². The molecule has 4 nitrogen and oxygen atoms in total. The molecule has 0 heterocycles. The van der Waals surface area contributed by atoms with Crippen molar-refractivity contribution in [2.45, 2.75) is 39.5 Å². The second kappa shape index (κ2) is 8.64. The van der Waals surface area contributed by atoms with Crippen LogP contribution in [-0.4, -0.2) is 35.2 Å². The smallest absolute Gasteiger partial charge is 0.227 e. The monoisotopic (exact) mass is 262 g/mol. The molecule has 17 heavy (non-hydrogen) atoms. The van der Waals surface area contributed by atoms with Gasteiger partial charge in [-0.2, -0.15) is 0 Å². The molecule has 0 saturated carbocycles. The molecule has 0 fully saturated rings. The normalized spacial score (nSPS) is 13.4. The lowest BCUT2D eigenvalue weighted by Gasteiger charge is -2.30. The molecule has 0 aliphatic heterocycles. The molecule has 0 spiro atoms. The highest BCUT2D eigenvalue weighted by atomic mass is 32.2. The molecule has 0 aromatic heterocycles. The Hall–Kier alpha value is -0.420. The molecule has 0 aliphatic rings. The first-order valence-corrected chi connectivity index (χ1v) is 8.03. The first kappa shape index (κ1) is 16.6. The highest BCUT2D eigenvalue weighted by Gasteiger charge is 2.34. The molecule has 5 heteroatoms. The Balaban J connectivity index is 4.45. The summed E-state index contributed by atoms with van der Waals surface area (Å²) in [5.41, 5.74) is 5.36. The molecule has 3 N–H and O–H groups in total. The van der Waals surface area contributed by atoms with Gasteiger partial charge in [-0.05, 0) is 12.8 Å². The molecule has 0 bridgehead atoms. The van der Waals surface area contributed by atoms with E-state index >= 15 is 0 Å². The van der Waals surface area contributed by atoms with Gasteiger partial charge in [0.2, 0.25) is 5.91 Å². The highest BCUT2D eigenvalue weighted by molar-refractivity contribution is 7.84. The van der Waals surface area contributed by atoms with Crippen molar-refractivity contribution in [1.29, 1.82) is 0 Å². The van der Waals surface area contributed by atoms with E-state index in [2.05, 4.69) is 19.2 Å². The molecule has 1 amide bonds. The van der Waals surface area contributed by atoms with Crippen molar-refractivity contribution in [1.82, 2.24) is 5.32 Å². The van der Waals surface area contributed by atoms with Crippen LogP contribution < -0.4 is 11.1 Å². The Morgan fingerprint density at radius 1 is 1.29 bits per heavy atom. The van der Waals surface area contributed by atoms with Gasteiger partial charge < -0.3 is 11.1 Å². The fourth-order valence-electron chi connectivity index (χ4n) is 2.10. The summed E-state index contributed by atoms with van der Waals surface area (Å²) in [6.45, 7) is 4.98.